The van der Waals surface area contributed by atoms with Gasteiger partial charge >= 0.3 is 0 Å². The predicted molar refractivity (Wildman–Crippen MR) is 127 cm³/mol. The van der Waals surface area contributed by atoms with Gasteiger partial charge in [0.2, 0.25) is 5.95 Å². The molecular weight excluding hydrogens is 398 g/mol. The average Bonchev–Trinajstić information content (AvgIpc) is 3.13. The number of anilines is 2. The van der Waals surface area contributed by atoms with Crippen LogP contribution in [0, 0.1) is 5.92 Å². The molecule has 1 aliphatic heterocycles. The van der Waals surface area contributed by atoms with Gasteiger partial charge in [0, 0.05) is 42.3 Å². The Bertz CT molecular complexity index is 1290. The summed E-state index contributed by atoms with van der Waals surface area (Å²) in [6, 6.07) is 6.76. The van der Waals surface area contributed by atoms with E-state index in [1.807, 2.05) is 24.7 Å². The van der Waals surface area contributed by atoms with Crippen LogP contribution in [-0.2, 0) is 13.0 Å². The van der Waals surface area contributed by atoms with Crippen LogP contribution in [0.1, 0.15) is 49.9 Å². The second kappa shape index (κ2) is 7.81. The van der Waals surface area contributed by atoms with Crippen molar-refractivity contribution in [2.24, 2.45) is 5.92 Å². The molecule has 7 heteroatoms. The molecule has 1 fully saturated rings. The normalized spacial score (nSPS) is 21.7. The number of nitrogens with zero attached hydrogens (tertiary/aromatic N) is 6. The molecule has 0 spiro atoms. The molecule has 5 heterocycles. The van der Waals surface area contributed by atoms with E-state index in [0.29, 0.717) is 12.0 Å². The van der Waals surface area contributed by atoms with E-state index < -0.39 is 0 Å². The lowest BCUT2D eigenvalue weighted by atomic mass is 9.87. The molecule has 0 atom stereocenters. The molecule has 2 aliphatic rings. The van der Waals surface area contributed by atoms with Crippen molar-refractivity contribution in [1.82, 2.24) is 29.4 Å². The van der Waals surface area contributed by atoms with Gasteiger partial charge in [-0.1, -0.05) is 13.0 Å². The maximum Gasteiger partial charge on any atom is 0.230 e. The van der Waals surface area contributed by atoms with Gasteiger partial charge in [-0.2, -0.15) is 4.98 Å². The largest absolute Gasteiger partial charge is 0.321 e. The minimum absolute atomic E-state index is 0.454. The molecule has 4 aromatic rings. The molecule has 4 aromatic heterocycles. The Kier molecular flexibility index (Phi) is 4.79. The van der Waals surface area contributed by atoms with Crippen LogP contribution in [-0.4, -0.2) is 43.0 Å². The zero-order chi connectivity index (χ0) is 21.7. The van der Waals surface area contributed by atoms with Crippen LogP contribution in [0.2, 0.25) is 0 Å². The Labute approximate surface area is 187 Å². The third-order valence-electron chi connectivity index (χ3n) is 7.19. The molecule has 6 rings (SSSR count). The maximum absolute atomic E-state index is 4.99. The summed E-state index contributed by atoms with van der Waals surface area (Å²) in [7, 11) is 2.14. The van der Waals surface area contributed by atoms with Crippen LogP contribution in [0.5, 0.6) is 0 Å². The zero-order valence-corrected chi connectivity index (χ0v) is 18.8. The van der Waals surface area contributed by atoms with E-state index in [1.165, 1.54) is 36.6 Å². The Morgan fingerprint density at radius 2 is 1.88 bits per heavy atom. The first-order valence-electron chi connectivity index (χ1n) is 11.7. The van der Waals surface area contributed by atoms with Gasteiger partial charge in [0.15, 0.2) is 0 Å². The van der Waals surface area contributed by atoms with E-state index in [2.05, 4.69) is 50.9 Å². The first-order chi connectivity index (χ1) is 15.7. The molecule has 0 radical (unpaired) electrons. The van der Waals surface area contributed by atoms with Crippen LogP contribution in [0.3, 0.4) is 0 Å². The van der Waals surface area contributed by atoms with Crippen molar-refractivity contribution in [1.29, 1.82) is 0 Å². The SMILES string of the molecule is CC1CCC(n2c3cnccc3c3cnc(Nc4ccc5c(n4)CN(C)CC5)nc32)CC1. The molecule has 0 amide bonds. The summed E-state index contributed by atoms with van der Waals surface area (Å²) in [5, 5.41) is 5.63. The molecule has 32 heavy (non-hydrogen) atoms. The summed E-state index contributed by atoms with van der Waals surface area (Å²) < 4.78 is 2.41. The highest BCUT2D eigenvalue weighted by Gasteiger charge is 2.24. The fourth-order valence-corrected chi connectivity index (χ4v) is 5.32. The van der Waals surface area contributed by atoms with Gasteiger partial charge in [-0.15, -0.1) is 0 Å². The molecule has 0 aromatic carbocycles. The van der Waals surface area contributed by atoms with E-state index in [0.717, 1.165) is 53.5 Å². The van der Waals surface area contributed by atoms with Gasteiger partial charge in [-0.25, -0.2) is 9.97 Å². The number of hydrogen-bond donors (Lipinski definition) is 1. The van der Waals surface area contributed by atoms with Gasteiger partial charge in [0.25, 0.3) is 0 Å². The highest BCUT2D eigenvalue weighted by atomic mass is 15.2. The first-order valence-corrected chi connectivity index (χ1v) is 11.7. The third kappa shape index (κ3) is 3.41. The van der Waals surface area contributed by atoms with Crippen molar-refractivity contribution in [3.63, 3.8) is 0 Å². The molecule has 0 unspecified atom stereocenters. The monoisotopic (exact) mass is 427 g/mol. The summed E-state index contributed by atoms with van der Waals surface area (Å²) in [5.41, 5.74) is 4.62. The van der Waals surface area contributed by atoms with E-state index in [4.69, 9.17) is 9.97 Å². The topological polar surface area (TPSA) is 71.8 Å². The number of hydrogen-bond acceptors (Lipinski definition) is 6. The number of nitrogens with one attached hydrogen (secondary N) is 1. The van der Waals surface area contributed by atoms with Crippen LogP contribution in [0.4, 0.5) is 11.8 Å². The first kappa shape index (κ1) is 19.6. The van der Waals surface area contributed by atoms with E-state index in [9.17, 15) is 0 Å². The van der Waals surface area contributed by atoms with Crippen molar-refractivity contribution >= 4 is 33.7 Å². The number of fused-ring (bicyclic) bond motifs is 4. The highest BCUT2D eigenvalue weighted by Crippen LogP contribution is 2.38. The summed E-state index contributed by atoms with van der Waals surface area (Å²) in [6.07, 6.45) is 11.7. The summed E-state index contributed by atoms with van der Waals surface area (Å²) in [4.78, 5) is 21.2. The van der Waals surface area contributed by atoms with Crippen molar-refractivity contribution in [2.75, 3.05) is 18.9 Å². The van der Waals surface area contributed by atoms with Crippen molar-refractivity contribution in [3.05, 3.63) is 48.0 Å². The van der Waals surface area contributed by atoms with Gasteiger partial charge < -0.3 is 14.8 Å². The Hall–Kier alpha value is -3.06. The third-order valence-corrected chi connectivity index (χ3v) is 7.19. The predicted octanol–water partition coefficient (Wildman–Crippen LogP) is 4.86. The van der Waals surface area contributed by atoms with Crippen molar-refractivity contribution < 1.29 is 0 Å². The fraction of sp³-hybridized carbons (Fsp3) is 0.440. The summed E-state index contributed by atoms with van der Waals surface area (Å²) >= 11 is 0. The van der Waals surface area contributed by atoms with Crippen molar-refractivity contribution in [2.45, 2.75) is 51.6 Å². The molecular formula is C25H29N7. The molecule has 7 nitrogen and oxygen atoms in total. The van der Waals surface area contributed by atoms with Gasteiger partial charge in [0.1, 0.15) is 11.5 Å². The smallest absolute Gasteiger partial charge is 0.230 e. The van der Waals surface area contributed by atoms with Crippen molar-refractivity contribution in [3.8, 4) is 0 Å². The molecule has 0 bridgehead atoms. The highest BCUT2D eigenvalue weighted by molar-refractivity contribution is 6.06. The van der Waals surface area contributed by atoms with Crippen LogP contribution in [0.15, 0.2) is 36.8 Å². The van der Waals surface area contributed by atoms with Crippen LogP contribution in [0.25, 0.3) is 21.9 Å². The van der Waals surface area contributed by atoms with Gasteiger partial charge in [0.05, 0.1) is 17.4 Å². The number of pyridine rings is 2. The molecule has 1 saturated carbocycles. The lowest BCUT2D eigenvalue weighted by molar-refractivity contribution is 0.298. The minimum Gasteiger partial charge on any atom is -0.321 e. The van der Waals surface area contributed by atoms with E-state index in [-0.39, 0.29) is 0 Å². The Balaban J connectivity index is 1.40. The molecule has 164 valence electrons. The summed E-state index contributed by atoms with van der Waals surface area (Å²) in [5.74, 6) is 2.20. The lowest BCUT2D eigenvalue weighted by Crippen LogP contribution is -2.27. The fourth-order valence-electron chi connectivity index (χ4n) is 5.32. The lowest BCUT2D eigenvalue weighted by Gasteiger charge is -2.28. The zero-order valence-electron chi connectivity index (χ0n) is 18.8. The molecule has 1 N–H and O–H groups in total. The average molecular weight is 428 g/mol. The number of rotatable bonds is 3. The minimum atomic E-state index is 0.454. The number of likely N-dealkylation sites (N-methyl/N-ethyl adjacent to an activating group) is 1. The van der Waals surface area contributed by atoms with Gasteiger partial charge in [-0.3, -0.25) is 4.98 Å². The van der Waals surface area contributed by atoms with Crippen LogP contribution < -0.4 is 5.32 Å². The quantitative estimate of drug-likeness (QED) is 0.504. The standard InChI is InChI=1S/C25H29N7/c1-16-3-6-18(7-4-16)32-22-14-26-11-9-19(22)20-13-27-25(30-24(20)32)29-23-8-5-17-10-12-31(2)15-21(17)28-23/h5,8-9,11,13-14,16,18H,3-4,6-7,10,12,15H2,1-2H3,(H,27,28,29,30). The summed E-state index contributed by atoms with van der Waals surface area (Å²) in [6.45, 7) is 4.32. The molecule has 0 saturated heterocycles. The van der Waals surface area contributed by atoms with Crippen LogP contribution >= 0.6 is 0 Å². The second-order valence-electron chi connectivity index (χ2n) is 9.52. The Morgan fingerprint density at radius 3 is 2.75 bits per heavy atom. The number of aromatic nitrogens is 5. The molecule has 1 aliphatic carbocycles. The van der Waals surface area contributed by atoms with E-state index >= 15 is 0 Å². The maximum atomic E-state index is 4.99. The second-order valence-corrected chi connectivity index (χ2v) is 9.52. The van der Waals surface area contributed by atoms with E-state index in [1.54, 1.807) is 0 Å². The van der Waals surface area contributed by atoms with Gasteiger partial charge in [-0.05, 0) is 62.8 Å². The Morgan fingerprint density at radius 1 is 1.00 bits per heavy atom.